The van der Waals surface area contributed by atoms with Gasteiger partial charge in [0.25, 0.3) is 0 Å². The summed E-state index contributed by atoms with van der Waals surface area (Å²) in [6, 6.07) is 15.0. The lowest BCUT2D eigenvalue weighted by atomic mass is 9.86. The molecule has 0 saturated carbocycles. The van der Waals surface area contributed by atoms with Crippen LogP contribution in [-0.4, -0.2) is 60.2 Å². The molecule has 0 bridgehead atoms. The van der Waals surface area contributed by atoms with Crippen LogP contribution in [0.4, 0.5) is 0 Å². The Bertz CT molecular complexity index is 1340. The molecule has 0 aliphatic rings. The summed E-state index contributed by atoms with van der Waals surface area (Å²) < 4.78 is 21.0. The van der Waals surface area contributed by atoms with Crippen LogP contribution in [0, 0.1) is 5.92 Å². The molecule has 0 amide bonds. The molecule has 0 spiro atoms. The first kappa shape index (κ1) is 31.8. The second-order valence-corrected chi connectivity index (χ2v) is 9.54. The number of rotatable bonds is 13. The van der Waals surface area contributed by atoms with Crippen LogP contribution in [-0.2, 0) is 19.0 Å². The van der Waals surface area contributed by atoms with E-state index in [1.807, 2.05) is 0 Å². The van der Waals surface area contributed by atoms with Crippen LogP contribution >= 0.6 is 0 Å². The van der Waals surface area contributed by atoms with Crippen molar-refractivity contribution in [2.75, 3.05) is 20.3 Å². The van der Waals surface area contributed by atoms with Crippen molar-refractivity contribution in [2.24, 2.45) is 5.92 Å². The smallest absolute Gasteiger partial charge is 0.338 e. The van der Waals surface area contributed by atoms with Gasteiger partial charge >= 0.3 is 17.9 Å². The highest BCUT2D eigenvalue weighted by Gasteiger charge is 2.29. The number of ether oxygens (including phenoxy) is 4. The van der Waals surface area contributed by atoms with Crippen LogP contribution in [0.5, 0.6) is 11.5 Å². The van der Waals surface area contributed by atoms with Gasteiger partial charge < -0.3 is 24.1 Å². The molecule has 10 nitrogen and oxygen atoms in total. The molecule has 10 heteroatoms. The maximum Gasteiger partial charge on any atom is 0.338 e. The molecule has 0 radical (unpaired) electrons. The minimum Gasteiger partial charge on any atom is -0.503 e. The summed E-state index contributed by atoms with van der Waals surface area (Å²) in [5.41, 5.74) is 2.07. The van der Waals surface area contributed by atoms with Gasteiger partial charge in [0.15, 0.2) is 23.0 Å². The zero-order valence-electron chi connectivity index (χ0n) is 24.3. The number of ketones is 1. The van der Waals surface area contributed by atoms with Crippen LogP contribution < -0.4 is 4.74 Å². The standard InChI is InChI=1S/C32H35NO9/c1-6-40-31(37)23-12-8-21(9-13-23)27(22-10-14-24(15-11-22)32(38)41-7-2)20(4)42-30(36)19(3)18-25(34)28-29(35)26(39-5)16-17-33-28/h8-17,19-20,27,35H,6-7,18H2,1-5H3/t19-,20+/m1/s1. The fourth-order valence-electron chi connectivity index (χ4n) is 4.45. The molecule has 0 fully saturated rings. The van der Waals surface area contributed by atoms with Crippen molar-refractivity contribution in [1.82, 2.24) is 4.98 Å². The van der Waals surface area contributed by atoms with Gasteiger partial charge in [-0.05, 0) is 56.2 Å². The van der Waals surface area contributed by atoms with Gasteiger partial charge in [-0.2, -0.15) is 0 Å². The van der Waals surface area contributed by atoms with E-state index in [-0.39, 0.29) is 31.1 Å². The molecule has 3 rings (SSSR count). The number of carbonyl (C=O) groups excluding carboxylic acids is 4. The summed E-state index contributed by atoms with van der Waals surface area (Å²) in [5.74, 6) is -3.67. The molecule has 42 heavy (non-hydrogen) atoms. The van der Waals surface area contributed by atoms with Crippen LogP contribution in [0.2, 0.25) is 0 Å². The zero-order chi connectivity index (χ0) is 30.8. The Hall–Kier alpha value is -4.73. The third-order valence-corrected chi connectivity index (χ3v) is 6.60. The minimum atomic E-state index is -0.842. The molecule has 0 aliphatic carbocycles. The third kappa shape index (κ3) is 7.72. The van der Waals surface area contributed by atoms with E-state index >= 15 is 0 Å². The first-order valence-electron chi connectivity index (χ1n) is 13.6. The Morgan fingerprint density at radius 1 is 0.810 bits per heavy atom. The molecular formula is C32H35NO9. The first-order valence-corrected chi connectivity index (χ1v) is 13.6. The number of benzene rings is 2. The molecule has 1 aromatic heterocycles. The van der Waals surface area contributed by atoms with Crippen LogP contribution in [0.1, 0.15) is 82.4 Å². The molecule has 3 aromatic rings. The Kier molecular flexibility index (Phi) is 11.2. The van der Waals surface area contributed by atoms with Crippen molar-refractivity contribution in [2.45, 2.75) is 46.1 Å². The van der Waals surface area contributed by atoms with Crippen molar-refractivity contribution >= 4 is 23.7 Å². The number of hydrogen-bond donors (Lipinski definition) is 1. The zero-order valence-corrected chi connectivity index (χ0v) is 24.3. The maximum absolute atomic E-state index is 13.1. The van der Waals surface area contributed by atoms with Gasteiger partial charge in [-0.1, -0.05) is 31.2 Å². The molecule has 0 saturated heterocycles. The Balaban J connectivity index is 1.84. The highest BCUT2D eigenvalue weighted by atomic mass is 16.5. The van der Waals surface area contributed by atoms with Gasteiger partial charge in [0.1, 0.15) is 6.10 Å². The lowest BCUT2D eigenvalue weighted by molar-refractivity contribution is -0.153. The number of pyridine rings is 1. The van der Waals surface area contributed by atoms with Gasteiger partial charge in [-0.15, -0.1) is 0 Å². The van der Waals surface area contributed by atoms with Gasteiger partial charge in [-0.3, -0.25) is 9.59 Å². The van der Waals surface area contributed by atoms with E-state index in [4.69, 9.17) is 18.9 Å². The summed E-state index contributed by atoms with van der Waals surface area (Å²) in [7, 11) is 1.36. The SMILES string of the molecule is CCOC(=O)c1ccc(C(c2ccc(C(=O)OCC)cc2)[C@H](C)OC(=O)[C@H](C)CC(=O)c2nccc(OC)c2O)cc1. The largest absolute Gasteiger partial charge is 0.503 e. The Morgan fingerprint density at radius 2 is 1.31 bits per heavy atom. The number of aromatic hydroxyl groups is 1. The predicted octanol–water partition coefficient (Wildman–Crippen LogP) is 5.12. The third-order valence-electron chi connectivity index (χ3n) is 6.60. The second kappa shape index (κ2) is 14.8. The van der Waals surface area contributed by atoms with E-state index in [0.29, 0.717) is 11.1 Å². The lowest BCUT2D eigenvalue weighted by Crippen LogP contribution is -2.28. The number of hydrogen-bond acceptors (Lipinski definition) is 10. The summed E-state index contributed by atoms with van der Waals surface area (Å²) in [6.45, 7) is 7.23. The molecule has 0 unspecified atom stereocenters. The number of Topliss-reactive ketones (excluding diaryl/α,β-unsaturated/α-hetero) is 1. The van der Waals surface area contributed by atoms with E-state index in [9.17, 15) is 24.3 Å². The topological polar surface area (TPSA) is 138 Å². The Morgan fingerprint density at radius 3 is 1.76 bits per heavy atom. The minimum absolute atomic E-state index is 0.1000. The number of aromatic nitrogens is 1. The quantitative estimate of drug-likeness (QED) is 0.165. The summed E-state index contributed by atoms with van der Waals surface area (Å²) >= 11 is 0. The molecule has 2 atom stereocenters. The molecule has 222 valence electrons. The summed E-state index contributed by atoms with van der Waals surface area (Å²) in [4.78, 5) is 54.2. The number of esters is 3. The lowest BCUT2D eigenvalue weighted by Gasteiger charge is -2.26. The molecule has 1 heterocycles. The fraction of sp³-hybridized carbons (Fsp3) is 0.344. The van der Waals surface area contributed by atoms with Crippen molar-refractivity contribution < 1.29 is 43.2 Å². The predicted molar refractivity (Wildman–Crippen MR) is 153 cm³/mol. The molecule has 0 aliphatic heterocycles. The fourth-order valence-corrected chi connectivity index (χ4v) is 4.45. The van der Waals surface area contributed by atoms with E-state index in [1.54, 1.807) is 76.2 Å². The first-order chi connectivity index (χ1) is 20.1. The van der Waals surface area contributed by atoms with Gasteiger partial charge in [0.2, 0.25) is 0 Å². The monoisotopic (exact) mass is 577 g/mol. The molecule has 2 aromatic carbocycles. The molecule has 1 N–H and O–H groups in total. The number of carbonyl (C=O) groups is 4. The average molecular weight is 578 g/mol. The maximum atomic E-state index is 13.1. The normalized spacial score (nSPS) is 12.2. The highest BCUT2D eigenvalue weighted by Crippen LogP contribution is 2.32. The van der Waals surface area contributed by atoms with Crippen molar-refractivity contribution in [1.29, 1.82) is 0 Å². The van der Waals surface area contributed by atoms with Crippen molar-refractivity contribution in [3.63, 3.8) is 0 Å². The van der Waals surface area contributed by atoms with E-state index in [2.05, 4.69) is 4.98 Å². The average Bonchev–Trinajstić information content (AvgIpc) is 2.98. The van der Waals surface area contributed by atoms with E-state index < -0.39 is 47.4 Å². The number of nitrogens with zero attached hydrogens (tertiary/aromatic N) is 1. The number of methoxy groups -OCH3 is 1. The van der Waals surface area contributed by atoms with Crippen molar-refractivity contribution in [3.05, 3.63) is 88.7 Å². The van der Waals surface area contributed by atoms with Crippen molar-refractivity contribution in [3.8, 4) is 11.5 Å². The van der Waals surface area contributed by atoms with E-state index in [1.165, 1.54) is 19.4 Å². The van der Waals surface area contributed by atoms with Gasteiger partial charge in [0, 0.05) is 24.6 Å². The van der Waals surface area contributed by atoms with Crippen LogP contribution in [0.15, 0.2) is 60.8 Å². The Labute approximate surface area is 244 Å². The highest BCUT2D eigenvalue weighted by molar-refractivity contribution is 5.99. The van der Waals surface area contributed by atoms with Gasteiger partial charge in [0.05, 0.1) is 37.4 Å². The van der Waals surface area contributed by atoms with Crippen LogP contribution in [0.3, 0.4) is 0 Å². The summed E-state index contributed by atoms with van der Waals surface area (Å²) in [5, 5.41) is 10.3. The molecular weight excluding hydrogens is 542 g/mol. The van der Waals surface area contributed by atoms with E-state index in [0.717, 1.165) is 11.1 Å². The van der Waals surface area contributed by atoms with Crippen LogP contribution in [0.25, 0.3) is 0 Å². The van der Waals surface area contributed by atoms with Gasteiger partial charge in [-0.25, -0.2) is 14.6 Å². The second-order valence-electron chi connectivity index (χ2n) is 9.54. The summed E-state index contributed by atoms with van der Waals surface area (Å²) in [6.07, 6.45) is 0.384.